The van der Waals surface area contributed by atoms with Crippen LogP contribution in [-0.2, 0) is 16.0 Å². The first-order chi connectivity index (χ1) is 11.4. The van der Waals surface area contributed by atoms with Gasteiger partial charge in [0.05, 0.1) is 44.5 Å². The topological polar surface area (TPSA) is 65.0 Å². The molecule has 1 saturated heterocycles. The monoisotopic (exact) mass is 310 g/mol. The molecule has 0 spiro atoms. The van der Waals surface area contributed by atoms with Gasteiger partial charge in [0.25, 0.3) is 0 Å². The maximum atomic E-state index is 5.76. The van der Waals surface area contributed by atoms with Gasteiger partial charge in [-0.2, -0.15) is 0 Å². The molecule has 4 rings (SSSR count). The molecule has 1 unspecified atom stereocenters. The van der Waals surface area contributed by atoms with Gasteiger partial charge in [0, 0.05) is 18.0 Å². The third-order valence-corrected chi connectivity index (χ3v) is 3.89. The second-order valence-corrected chi connectivity index (χ2v) is 5.47. The first-order valence-corrected chi connectivity index (χ1v) is 7.71. The maximum Gasteiger partial charge on any atom is 0.156 e. The predicted molar refractivity (Wildman–Crippen MR) is 85.8 cm³/mol. The van der Waals surface area contributed by atoms with E-state index in [2.05, 4.69) is 31.7 Å². The van der Waals surface area contributed by atoms with Gasteiger partial charge in [0.2, 0.25) is 0 Å². The number of nitrogens with zero attached hydrogens (tertiary/aromatic N) is 3. The Bertz CT molecular complexity index is 746. The number of ether oxygens (including phenoxy) is 2. The molecule has 1 aliphatic rings. The standard InChI is InChI=1S/C17H18N4O2/c1-2-4-13(5-3-1)15-16(17-18-6-7-19-17)21(12-20-15)10-14-11-22-8-9-23-14/h1-7,12,14H,8-11H2,(H,18,19). The maximum absolute atomic E-state index is 5.76. The van der Waals surface area contributed by atoms with E-state index in [-0.39, 0.29) is 6.10 Å². The van der Waals surface area contributed by atoms with Crippen LogP contribution in [0.4, 0.5) is 0 Å². The van der Waals surface area contributed by atoms with Crippen molar-refractivity contribution in [1.29, 1.82) is 0 Å². The fourth-order valence-electron chi connectivity index (χ4n) is 2.83. The molecule has 0 amide bonds. The smallest absolute Gasteiger partial charge is 0.156 e. The average molecular weight is 310 g/mol. The number of aromatic nitrogens is 4. The summed E-state index contributed by atoms with van der Waals surface area (Å²) in [4.78, 5) is 12.2. The van der Waals surface area contributed by atoms with Gasteiger partial charge in [0.1, 0.15) is 5.69 Å². The number of hydrogen-bond donors (Lipinski definition) is 1. The molecule has 23 heavy (non-hydrogen) atoms. The van der Waals surface area contributed by atoms with E-state index in [0.29, 0.717) is 26.4 Å². The van der Waals surface area contributed by atoms with Crippen molar-refractivity contribution in [2.45, 2.75) is 12.6 Å². The van der Waals surface area contributed by atoms with Crippen molar-refractivity contribution in [2.75, 3.05) is 19.8 Å². The van der Waals surface area contributed by atoms with Gasteiger partial charge >= 0.3 is 0 Å². The third-order valence-electron chi connectivity index (χ3n) is 3.89. The van der Waals surface area contributed by atoms with Gasteiger partial charge in [-0.3, -0.25) is 0 Å². The molecule has 6 heteroatoms. The Kier molecular flexibility index (Phi) is 3.92. The Morgan fingerprint density at radius 3 is 2.83 bits per heavy atom. The molecular formula is C17H18N4O2. The van der Waals surface area contributed by atoms with Gasteiger partial charge < -0.3 is 19.0 Å². The Hall–Kier alpha value is -2.44. The van der Waals surface area contributed by atoms with Gasteiger partial charge in [0.15, 0.2) is 5.82 Å². The molecule has 0 bridgehead atoms. The third kappa shape index (κ3) is 2.91. The van der Waals surface area contributed by atoms with Crippen molar-refractivity contribution in [3.05, 3.63) is 49.1 Å². The summed E-state index contributed by atoms with van der Waals surface area (Å²) in [6, 6.07) is 10.1. The molecule has 6 nitrogen and oxygen atoms in total. The molecular weight excluding hydrogens is 292 g/mol. The van der Waals surface area contributed by atoms with Crippen molar-refractivity contribution in [3.63, 3.8) is 0 Å². The zero-order valence-corrected chi connectivity index (χ0v) is 12.7. The SMILES string of the molecule is c1ccc(-c2ncn(CC3COCCO3)c2-c2ncc[nH]2)cc1. The molecule has 3 heterocycles. The molecule has 0 aliphatic carbocycles. The fraction of sp³-hybridized carbons (Fsp3) is 0.294. The molecule has 1 N–H and O–H groups in total. The van der Waals surface area contributed by atoms with Crippen LogP contribution in [0.25, 0.3) is 22.8 Å². The van der Waals surface area contributed by atoms with Crippen LogP contribution in [0.15, 0.2) is 49.1 Å². The van der Waals surface area contributed by atoms with Crippen LogP contribution in [0.3, 0.4) is 0 Å². The van der Waals surface area contributed by atoms with E-state index in [1.807, 2.05) is 30.7 Å². The second-order valence-electron chi connectivity index (χ2n) is 5.47. The summed E-state index contributed by atoms with van der Waals surface area (Å²) in [5, 5.41) is 0. The van der Waals surface area contributed by atoms with E-state index in [1.165, 1.54) is 0 Å². The average Bonchev–Trinajstić information content (AvgIpc) is 3.26. The number of H-pyrrole nitrogens is 1. The molecule has 3 aromatic rings. The molecule has 0 saturated carbocycles. The highest BCUT2D eigenvalue weighted by atomic mass is 16.6. The summed E-state index contributed by atoms with van der Waals surface area (Å²) in [7, 11) is 0. The predicted octanol–water partition coefficient (Wildman–Crippen LogP) is 2.36. The molecule has 1 fully saturated rings. The summed E-state index contributed by atoms with van der Waals surface area (Å²) < 4.78 is 13.3. The summed E-state index contributed by atoms with van der Waals surface area (Å²) in [6.45, 7) is 2.61. The number of rotatable bonds is 4. The highest BCUT2D eigenvalue weighted by molar-refractivity contribution is 5.75. The van der Waals surface area contributed by atoms with Gasteiger partial charge in [-0.25, -0.2) is 9.97 Å². The van der Waals surface area contributed by atoms with Crippen LogP contribution in [0, 0.1) is 0 Å². The highest BCUT2D eigenvalue weighted by Gasteiger charge is 2.21. The van der Waals surface area contributed by atoms with Crippen molar-refractivity contribution in [2.24, 2.45) is 0 Å². The minimum Gasteiger partial charge on any atom is -0.376 e. The molecule has 118 valence electrons. The largest absolute Gasteiger partial charge is 0.376 e. The summed E-state index contributed by atoms with van der Waals surface area (Å²) in [5.41, 5.74) is 2.95. The molecule has 1 aromatic carbocycles. The number of imidazole rings is 2. The van der Waals surface area contributed by atoms with E-state index >= 15 is 0 Å². The fourth-order valence-corrected chi connectivity index (χ4v) is 2.83. The van der Waals surface area contributed by atoms with Gasteiger partial charge in [-0.05, 0) is 0 Å². The van der Waals surface area contributed by atoms with Crippen LogP contribution in [0.5, 0.6) is 0 Å². The lowest BCUT2D eigenvalue weighted by Crippen LogP contribution is -2.32. The van der Waals surface area contributed by atoms with Crippen molar-refractivity contribution in [3.8, 4) is 22.8 Å². The van der Waals surface area contributed by atoms with Crippen LogP contribution < -0.4 is 0 Å². The second kappa shape index (κ2) is 6.36. The molecule has 1 atom stereocenters. The summed E-state index contributed by atoms with van der Waals surface area (Å²) >= 11 is 0. The lowest BCUT2D eigenvalue weighted by Gasteiger charge is -2.23. The minimum absolute atomic E-state index is 0.0373. The number of benzene rings is 1. The first kappa shape index (κ1) is 14.2. The molecule has 2 aromatic heterocycles. The number of aromatic amines is 1. The quantitative estimate of drug-likeness (QED) is 0.803. The Labute approximate surface area is 134 Å². The van der Waals surface area contributed by atoms with E-state index in [9.17, 15) is 0 Å². The van der Waals surface area contributed by atoms with E-state index in [1.54, 1.807) is 6.20 Å². The van der Waals surface area contributed by atoms with Crippen LogP contribution >= 0.6 is 0 Å². The van der Waals surface area contributed by atoms with Crippen molar-refractivity contribution in [1.82, 2.24) is 19.5 Å². The zero-order valence-electron chi connectivity index (χ0n) is 12.7. The van der Waals surface area contributed by atoms with Crippen LogP contribution in [0.2, 0.25) is 0 Å². The summed E-state index contributed by atoms with van der Waals surface area (Å²) in [6.07, 6.45) is 5.46. The number of nitrogens with one attached hydrogen (secondary N) is 1. The van der Waals surface area contributed by atoms with Crippen LogP contribution in [0.1, 0.15) is 0 Å². The number of hydrogen-bond acceptors (Lipinski definition) is 4. The minimum atomic E-state index is 0.0373. The molecule has 1 aliphatic heterocycles. The van der Waals surface area contributed by atoms with E-state index in [4.69, 9.17) is 9.47 Å². The van der Waals surface area contributed by atoms with Crippen molar-refractivity contribution < 1.29 is 9.47 Å². The normalized spacial score (nSPS) is 18.2. The Morgan fingerprint density at radius 2 is 2.09 bits per heavy atom. The molecule has 0 radical (unpaired) electrons. The lowest BCUT2D eigenvalue weighted by atomic mass is 10.1. The van der Waals surface area contributed by atoms with Gasteiger partial charge in [-0.15, -0.1) is 0 Å². The van der Waals surface area contributed by atoms with Gasteiger partial charge in [-0.1, -0.05) is 30.3 Å². The Balaban J connectivity index is 1.73. The lowest BCUT2D eigenvalue weighted by molar-refractivity contribution is -0.0934. The zero-order chi connectivity index (χ0) is 15.5. The van der Waals surface area contributed by atoms with E-state index < -0.39 is 0 Å². The van der Waals surface area contributed by atoms with Crippen molar-refractivity contribution >= 4 is 0 Å². The Morgan fingerprint density at radius 1 is 1.17 bits per heavy atom. The first-order valence-electron chi connectivity index (χ1n) is 7.71. The highest BCUT2D eigenvalue weighted by Crippen LogP contribution is 2.29. The van der Waals surface area contributed by atoms with E-state index in [0.717, 1.165) is 22.8 Å². The summed E-state index contributed by atoms with van der Waals surface area (Å²) in [5.74, 6) is 0.804. The van der Waals surface area contributed by atoms with Crippen LogP contribution in [-0.4, -0.2) is 45.4 Å².